The fourth-order valence-electron chi connectivity index (χ4n) is 2.68. The summed E-state index contributed by atoms with van der Waals surface area (Å²) in [6, 6.07) is 0.300. The lowest BCUT2D eigenvalue weighted by molar-refractivity contribution is -0.123. The molecule has 6 nitrogen and oxygen atoms in total. The zero-order valence-electron chi connectivity index (χ0n) is 14.6. The van der Waals surface area contributed by atoms with E-state index in [1.165, 1.54) is 0 Å². The maximum atomic E-state index is 11.8. The van der Waals surface area contributed by atoms with Crippen molar-refractivity contribution in [1.82, 2.24) is 15.5 Å². The second kappa shape index (κ2) is 12.3. The first-order valence-electron chi connectivity index (χ1n) is 9.13. The van der Waals surface area contributed by atoms with E-state index in [0.29, 0.717) is 25.6 Å². The number of nitrogens with zero attached hydrogens (tertiary/aromatic N) is 1. The quantitative estimate of drug-likeness (QED) is 0.494. The molecule has 0 aromatic rings. The van der Waals surface area contributed by atoms with Crippen LogP contribution in [0.3, 0.4) is 0 Å². The van der Waals surface area contributed by atoms with Crippen LogP contribution in [0.15, 0.2) is 0 Å². The van der Waals surface area contributed by atoms with E-state index < -0.39 is 0 Å². The fourth-order valence-corrected chi connectivity index (χ4v) is 2.68. The Bertz CT molecular complexity index is 341. The minimum absolute atomic E-state index is 0.0952. The number of rotatable bonds is 11. The lowest BCUT2D eigenvalue weighted by atomic mass is 10.1. The van der Waals surface area contributed by atoms with Gasteiger partial charge in [0, 0.05) is 38.6 Å². The molecule has 0 bridgehead atoms. The highest BCUT2D eigenvalue weighted by Crippen LogP contribution is 2.07. The van der Waals surface area contributed by atoms with Gasteiger partial charge in [0.05, 0.1) is 6.54 Å². The molecular weight excluding hydrogens is 292 g/mol. The summed E-state index contributed by atoms with van der Waals surface area (Å²) in [5.74, 6) is 0.239. The van der Waals surface area contributed by atoms with E-state index in [1.807, 2.05) is 0 Å². The van der Waals surface area contributed by atoms with Crippen LogP contribution in [-0.4, -0.2) is 55.5 Å². The number of unbranched alkanes of at least 4 members (excludes halogenated alkanes) is 3. The standard InChI is InChI=1S/C17H34N4O2/c1-2-3-10-19-16(22)7-5-4-6-11-20-17(23)14-21-12-8-15(18)9-13-21/h15H,2-14,18H2,1H3,(H,19,22)(H,20,23). The third-order valence-electron chi connectivity index (χ3n) is 4.25. The van der Waals surface area contributed by atoms with Crippen LogP contribution in [0.5, 0.6) is 0 Å². The van der Waals surface area contributed by atoms with Gasteiger partial charge < -0.3 is 16.4 Å². The summed E-state index contributed by atoms with van der Waals surface area (Å²) in [6.07, 6.45) is 7.48. The Balaban J connectivity index is 1.92. The summed E-state index contributed by atoms with van der Waals surface area (Å²) in [7, 11) is 0. The van der Waals surface area contributed by atoms with Crippen molar-refractivity contribution in [3.05, 3.63) is 0 Å². The third-order valence-corrected chi connectivity index (χ3v) is 4.25. The highest BCUT2D eigenvalue weighted by atomic mass is 16.2. The molecule has 1 fully saturated rings. The lowest BCUT2D eigenvalue weighted by Crippen LogP contribution is -2.44. The Kier molecular flexibility index (Phi) is 10.6. The number of nitrogens with one attached hydrogen (secondary N) is 2. The molecule has 0 atom stereocenters. The maximum Gasteiger partial charge on any atom is 0.234 e. The van der Waals surface area contributed by atoms with Crippen LogP contribution in [0.25, 0.3) is 0 Å². The molecule has 0 aromatic carbocycles. The van der Waals surface area contributed by atoms with Gasteiger partial charge in [0.1, 0.15) is 0 Å². The number of amides is 2. The second-order valence-electron chi connectivity index (χ2n) is 6.48. The molecule has 4 N–H and O–H groups in total. The number of hydrogen-bond donors (Lipinski definition) is 3. The third kappa shape index (κ3) is 10.3. The van der Waals surface area contributed by atoms with Crippen LogP contribution < -0.4 is 16.4 Å². The van der Waals surface area contributed by atoms with Crippen molar-refractivity contribution in [2.75, 3.05) is 32.7 Å². The summed E-state index contributed by atoms with van der Waals surface area (Å²) >= 11 is 0. The Labute approximate surface area is 140 Å². The molecular formula is C17H34N4O2. The molecule has 2 amide bonds. The van der Waals surface area contributed by atoms with E-state index in [0.717, 1.165) is 64.6 Å². The smallest absolute Gasteiger partial charge is 0.234 e. The van der Waals surface area contributed by atoms with Crippen LogP contribution in [0, 0.1) is 0 Å². The van der Waals surface area contributed by atoms with E-state index in [-0.39, 0.29) is 11.8 Å². The molecule has 0 aromatic heterocycles. The van der Waals surface area contributed by atoms with Gasteiger partial charge in [0.25, 0.3) is 0 Å². The fraction of sp³-hybridized carbons (Fsp3) is 0.882. The molecule has 134 valence electrons. The summed E-state index contributed by atoms with van der Waals surface area (Å²) in [4.78, 5) is 25.5. The Hall–Kier alpha value is -1.14. The van der Waals surface area contributed by atoms with E-state index in [1.54, 1.807) is 0 Å². The molecule has 1 aliphatic heterocycles. The Morgan fingerprint density at radius 2 is 1.65 bits per heavy atom. The number of likely N-dealkylation sites (tertiary alicyclic amines) is 1. The van der Waals surface area contributed by atoms with E-state index in [2.05, 4.69) is 22.5 Å². The van der Waals surface area contributed by atoms with Gasteiger partial charge in [-0.05, 0) is 32.1 Å². The van der Waals surface area contributed by atoms with Gasteiger partial charge in [0.15, 0.2) is 0 Å². The summed E-state index contributed by atoms with van der Waals surface area (Å²) in [5.41, 5.74) is 5.85. The molecule has 0 radical (unpaired) electrons. The SMILES string of the molecule is CCCCNC(=O)CCCCCNC(=O)CN1CCC(N)CC1. The topological polar surface area (TPSA) is 87.5 Å². The first-order chi connectivity index (χ1) is 11.1. The number of nitrogens with two attached hydrogens (primary N) is 1. The van der Waals surface area contributed by atoms with Crippen molar-refractivity contribution in [3.8, 4) is 0 Å². The van der Waals surface area contributed by atoms with Crippen molar-refractivity contribution in [1.29, 1.82) is 0 Å². The van der Waals surface area contributed by atoms with Crippen LogP contribution in [-0.2, 0) is 9.59 Å². The highest BCUT2D eigenvalue weighted by Gasteiger charge is 2.17. The van der Waals surface area contributed by atoms with E-state index in [9.17, 15) is 9.59 Å². The molecule has 1 saturated heterocycles. The van der Waals surface area contributed by atoms with Gasteiger partial charge in [-0.3, -0.25) is 14.5 Å². The van der Waals surface area contributed by atoms with Gasteiger partial charge in [-0.15, -0.1) is 0 Å². The molecule has 6 heteroatoms. The van der Waals surface area contributed by atoms with Crippen molar-refractivity contribution < 1.29 is 9.59 Å². The molecule has 23 heavy (non-hydrogen) atoms. The first-order valence-corrected chi connectivity index (χ1v) is 9.13. The van der Waals surface area contributed by atoms with Crippen LogP contribution >= 0.6 is 0 Å². The van der Waals surface area contributed by atoms with Gasteiger partial charge in [0.2, 0.25) is 11.8 Å². The average Bonchev–Trinajstić information content (AvgIpc) is 2.53. The van der Waals surface area contributed by atoms with Crippen LogP contribution in [0.2, 0.25) is 0 Å². The normalized spacial score (nSPS) is 16.3. The molecule has 0 saturated carbocycles. The Morgan fingerprint density at radius 3 is 2.35 bits per heavy atom. The van der Waals surface area contributed by atoms with Crippen LogP contribution in [0.1, 0.15) is 58.3 Å². The van der Waals surface area contributed by atoms with Gasteiger partial charge in [-0.2, -0.15) is 0 Å². The lowest BCUT2D eigenvalue weighted by Gasteiger charge is -2.29. The second-order valence-corrected chi connectivity index (χ2v) is 6.48. The predicted molar refractivity (Wildman–Crippen MR) is 93.0 cm³/mol. The molecule has 1 rings (SSSR count). The zero-order chi connectivity index (χ0) is 16.9. The number of hydrogen-bond acceptors (Lipinski definition) is 4. The van der Waals surface area contributed by atoms with Crippen molar-refractivity contribution in [2.24, 2.45) is 5.73 Å². The van der Waals surface area contributed by atoms with Gasteiger partial charge in [-0.25, -0.2) is 0 Å². The first kappa shape index (κ1) is 19.9. The summed E-state index contributed by atoms with van der Waals surface area (Å²) in [6.45, 7) is 5.91. The zero-order valence-corrected chi connectivity index (χ0v) is 14.6. The molecule has 1 aliphatic rings. The summed E-state index contributed by atoms with van der Waals surface area (Å²) < 4.78 is 0. The number of carbonyl (C=O) groups excluding carboxylic acids is 2. The van der Waals surface area contributed by atoms with Crippen molar-refractivity contribution in [2.45, 2.75) is 64.3 Å². The monoisotopic (exact) mass is 326 g/mol. The van der Waals surface area contributed by atoms with Gasteiger partial charge >= 0.3 is 0 Å². The van der Waals surface area contributed by atoms with Crippen LogP contribution in [0.4, 0.5) is 0 Å². The van der Waals surface area contributed by atoms with E-state index in [4.69, 9.17) is 5.73 Å². The number of carbonyl (C=O) groups is 2. The average molecular weight is 326 g/mol. The largest absolute Gasteiger partial charge is 0.356 e. The number of piperidine rings is 1. The minimum Gasteiger partial charge on any atom is -0.356 e. The Morgan fingerprint density at radius 1 is 1.00 bits per heavy atom. The highest BCUT2D eigenvalue weighted by molar-refractivity contribution is 5.78. The molecule has 0 unspecified atom stereocenters. The van der Waals surface area contributed by atoms with Gasteiger partial charge in [-0.1, -0.05) is 19.8 Å². The summed E-state index contributed by atoms with van der Waals surface area (Å²) in [5, 5.41) is 5.88. The van der Waals surface area contributed by atoms with Crippen molar-refractivity contribution >= 4 is 11.8 Å². The van der Waals surface area contributed by atoms with Crippen molar-refractivity contribution in [3.63, 3.8) is 0 Å². The molecule has 0 aliphatic carbocycles. The minimum atomic E-state index is 0.0952. The molecule has 1 heterocycles. The maximum absolute atomic E-state index is 11.8. The van der Waals surface area contributed by atoms with E-state index >= 15 is 0 Å². The molecule has 0 spiro atoms. The predicted octanol–water partition coefficient (Wildman–Crippen LogP) is 1.00.